The molecule has 0 bridgehead atoms. The van der Waals surface area contributed by atoms with Crippen LogP contribution in [0.3, 0.4) is 0 Å². The molecule has 1 N–H and O–H groups in total. The maximum absolute atomic E-state index is 12.3. The van der Waals surface area contributed by atoms with Gasteiger partial charge >= 0.3 is 0 Å². The number of carbonyl (C=O) groups is 1. The number of amides is 1. The molecule has 0 saturated heterocycles. The number of aryl methyl sites for hydroxylation is 2. The molecule has 5 heteroatoms. The topological polar surface area (TPSA) is 56.8 Å². The van der Waals surface area contributed by atoms with Crippen molar-refractivity contribution in [3.63, 3.8) is 0 Å². The average molecular weight is 357 g/mol. The second-order valence-corrected chi connectivity index (χ2v) is 6.16. The van der Waals surface area contributed by atoms with E-state index in [0.29, 0.717) is 31.1 Å². The molecule has 0 aliphatic rings. The van der Waals surface area contributed by atoms with Crippen LogP contribution in [0.5, 0.6) is 17.2 Å². The lowest BCUT2D eigenvalue weighted by molar-refractivity contribution is -0.128. The molecule has 0 radical (unpaired) electrons. The summed E-state index contributed by atoms with van der Waals surface area (Å²) in [5, 5.41) is 2.86. The van der Waals surface area contributed by atoms with Crippen LogP contribution in [0.4, 0.5) is 0 Å². The Kier molecular flexibility index (Phi) is 7.33. The third kappa shape index (κ3) is 5.99. The van der Waals surface area contributed by atoms with E-state index in [0.717, 1.165) is 16.9 Å². The van der Waals surface area contributed by atoms with E-state index in [1.807, 2.05) is 51.1 Å². The molecule has 0 spiro atoms. The summed E-state index contributed by atoms with van der Waals surface area (Å²) < 4.78 is 16.7. The standard InChI is InChI=1S/C21H27NO4/c1-5-20(26-18-8-6-7-17(14-18)24-4)21(23)22-9-10-25-19-12-15(2)11-16(3)13-19/h6-8,11-14,20H,5,9-10H2,1-4H3,(H,22,23)/t20-/m0/s1. The molecule has 2 rings (SSSR count). The van der Waals surface area contributed by atoms with Gasteiger partial charge in [0.25, 0.3) is 5.91 Å². The van der Waals surface area contributed by atoms with Crippen molar-refractivity contribution in [3.05, 3.63) is 53.6 Å². The second kappa shape index (κ2) is 9.70. The quantitative estimate of drug-likeness (QED) is 0.696. The number of methoxy groups -OCH3 is 1. The monoisotopic (exact) mass is 357 g/mol. The highest BCUT2D eigenvalue weighted by atomic mass is 16.5. The normalized spacial score (nSPS) is 11.5. The van der Waals surface area contributed by atoms with Gasteiger partial charge in [-0.25, -0.2) is 0 Å². The zero-order valence-corrected chi connectivity index (χ0v) is 15.9. The van der Waals surface area contributed by atoms with Gasteiger partial charge in [-0.3, -0.25) is 4.79 Å². The maximum Gasteiger partial charge on any atom is 0.261 e. The Labute approximate surface area is 155 Å². The van der Waals surface area contributed by atoms with Crippen LogP contribution in [0.1, 0.15) is 24.5 Å². The Morgan fingerprint density at radius 2 is 1.73 bits per heavy atom. The number of rotatable bonds is 9. The second-order valence-electron chi connectivity index (χ2n) is 6.16. The first-order valence-corrected chi connectivity index (χ1v) is 8.81. The third-order valence-electron chi connectivity index (χ3n) is 3.85. The Bertz CT molecular complexity index is 709. The Morgan fingerprint density at radius 3 is 2.38 bits per heavy atom. The largest absolute Gasteiger partial charge is 0.497 e. The van der Waals surface area contributed by atoms with Gasteiger partial charge in [-0.1, -0.05) is 19.1 Å². The highest BCUT2D eigenvalue weighted by Crippen LogP contribution is 2.20. The fourth-order valence-electron chi connectivity index (χ4n) is 2.63. The van der Waals surface area contributed by atoms with E-state index in [1.165, 1.54) is 0 Å². The zero-order chi connectivity index (χ0) is 18.9. The summed E-state index contributed by atoms with van der Waals surface area (Å²) in [6.45, 7) is 6.80. The predicted molar refractivity (Wildman–Crippen MR) is 102 cm³/mol. The minimum Gasteiger partial charge on any atom is -0.497 e. The molecule has 5 nitrogen and oxygen atoms in total. The highest BCUT2D eigenvalue weighted by Gasteiger charge is 2.18. The van der Waals surface area contributed by atoms with Crippen molar-refractivity contribution in [2.75, 3.05) is 20.3 Å². The average Bonchev–Trinajstić information content (AvgIpc) is 2.62. The zero-order valence-electron chi connectivity index (χ0n) is 15.9. The lowest BCUT2D eigenvalue weighted by atomic mass is 10.1. The van der Waals surface area contributed by atoms with Crippen LogP contribution >= 0.6 is 0 Å². The van der Waals surface area contributed by atoms with Crippen LogP contribution < -0.4 is 19.5 Å². The first kappa shape index (κ1) is 19.6. The Hall–Kier alpha value is -2.69. The van der Waals surface area contributed by atoms with Crippen molar-refractivity contribution in [1.82, 2.24) is 5.32 Å². The highest BCUT2D eigenvalue weighted by molar-refractivity contribution is 5.81. The van der Waals surface area contributed by atoms with Crippen molar-refractivity contribution in [2.45, 2.75) is 33.3 Å². The molecule has 0 heterocycles. The lowest BCUT2D eigenvalue weighted by Gasteiger charge is -2.18. The summed E-state index contributed by atoms with van der Waals surface area (Å²) in [5.41, 5.74) is 2.31. The molecule has 0 unspecified atom stereocenters. The van der Waals surface area contributed by atoms with E-state index in [-0.39, 0.29) is 5.91 Å². The molecule has 2 aromatic carbocycles. The molecule has 0 saturated carbocycles. The first-order valence-electron chi connectivity index (χ1n) is 8.81. The molecule has 0 fully saturated rings. The van der Waals surface area contributed by atoms with E-state index >= 15 is 0 Å². The van der Waals surface area contributed by atoms with Crippen molar-refractivity contribution < 1.29 is 19.0 Å². The van der Waals surface area contributed by atoms with Gasteiger partial charge < -0.3 is 19.5 Å². The minimum atomic E-state index is -0.552. The maximum atomic E-state index is 12.3. The van der Waals surface area contributed by atoms with Gasteiger partial charge in [-0.05, 0) is 55.7 Å². The first-order chi connectivity index (χ1) is 12.5. The van der Waals surface area contributed by atoms with E-state index < -0.39 is 6.10 Å². The van der Waals surface area contributed by atoms with E-state index in [2.05, 4.69) is 11.4 Å². The molecule has 1 atom stereocenters. The van der Waals surface area contributed by atoms with Gasteiger partial charge in [0.2, 0.25) is 0 Å². The summed E-state index contributed by atoms with van der Waals surface area (Å²) >= 11 is 0. The van der Waals surface area contributed by atoms with Gasteiger partial charge in [0.15, 0.2) is 6.10 Å². The van der Waals surface area contributed by atoms with Crippen molar-refractivity contribution in [3.8, 4) is 17.2 Å². The van der Waals surface area contributed by atoms with Crippen LogP contribution in [0.25, 0.3) is 0 Å². The number of carbonyl (C=O) groups excluding carboxylic acids is 1. The number of nitrogens with one attached hydrogen (secondary N) is 1. The molecule has 0 aromatic heterocycles. The lowest BCUT2D eigenvalue weighted by Crippen LogP contribution is -2.39. The number of hydrogen-bond acceptors (Lipinski definition) is 4. The predicted octanol–water partition coefficient (Wildman–Crippen LogP) is 3.66. The summed E-state index contributed by atoms with van der Waals surface area (Å²) in [7, 11) is 1.60. The van der Waals surface area contributed by atoms with Crippen LogP contribution in [-0.2, 0) is 4.79 Å². The van der Waals surface area contributed by atoms with Crippen molar-refractivity contribution in [1.29, 1.82) is 0 Å². The molecular weight excluding hydrogens is 330 g/mol. The number of ether oxygens (including phenoxy) is 3. The molecule has 0 aliphatic heterocycles. The van der Waals surface area contributed by atoms with Gasteiger partial charge in [-0.2, -0.15) is 0 Å². The molecule has 1 amide bonds. The van der Waals surface area contributed by atoms with Gasteiger partial charge in [0.1, 0.15) is 23.9 Å². The van der Waals surface area contributed by atoms with E-state index in [1.54, 1.807) is 13.2 Å². The molecular formula is C21H27NO4. The molecule has 2 aromatic rings. The van der Waals surface area contributed by atoms with E-state index in [9.17, 15) is 4.79 Å². The minimum absolute atomic E-state index is 0.153. The van der Waals surface area contributed by atoms with Crippen molar-refractivity contribution >= 4 is 5.91 Å². The van der Waals surface area contributed by atoms with Crippen molar-refractivity contribution in [2.24, 2.45) is 0 Å². The summed E-state index contributed by atoms with van der Waals surface area (Å²) in [4.78, 5) is 12.3. The molecule has 26 heavy (non-hydrogen) atoms. The van der Waals surface area contributed by atoms with Crippen LogP contribution in [0.2, 0.25) is 0 Å². The fourth-order valence-corrected chi connectivity index (χ4v) is 2.63. The fraction of sp³-hybridized carbons (Fsp3) is 0.381. The third-order valence-corrected chi connectivity index (χ3v) is 3.85. The van der Waals surface area contributed by atoms with Gasteiger partial charge in [-0.15, -0.1) is 0 Å². The smallest absolute Gasteiger partial charge is 0.261 e. The van der Waals surface area contributed by atoms with E-state index in [4.69, 9.17) is 14.2 Å². The number of benzene rings is 2. The molecule has 0 aliphatic carbocycles. The van der Waals surface area contributed by atoms with Crippen LogP contribution in [0, 0.1) is 13.8 Å². The van der Waals surface area contributed by atoms with Gasteiger partial charge in [0.05, 0.1) is 13.7 Å². The Balaban J connectivity index is 1.81. The van der Waals surface area contributed by atoms with Gasteiger partial charge in [0, 0.05) is 6.07 Å². The summed E-state index contributed by atoms with van der Waals surface area (Å²) in [5.74, 6) is 1.97. The summed E-state index contributed by atoms with van der Waals surface area (Å²) in [6.07, 6.45) is 0.0179. The van der Waals surface area contributed by atoms with Crippen LogP contribution in [0.15, 0.2) is 42.5 Å². The molecule has 140 valence electrons. The SMILES string of the molecule is CC[C@H](Oc1cccc(OC)c1)C(=O)NCCOc1cc(C)cc(C)c1. The summed E-state index contributed by atoms with van der Waals surface area (Å²) in [6, 6.07) is 13.3. The van der Waals surface area contributed by atoms with Crippen LogP contribution in [-0.4, -0.2) is 32.3 Å². The number of hydrogen-bond donors (Lipinski definition) is 1. The Morgan fingerprint density at radius 1 is 1.04 bits per heavy atom.